The lowest BCUT2D eigenvalue weighted by atomic mass is 10.1. The molecule has 1 aliphatic heterocycles. The Hall–Kier alpha value is -1.13. The van der Waals surface area contributed by atoms with E-state index in [9.17, 15) is 4.39 Å². The van der Waals surface area contributed by atoms with Gasteiger partial charge in [-0.2, -0.15) is 0 Å². The molecule has 0 bridgehead atoms. The van der Waals surface area contributed by atoms with Crippen LogP contribution in [0.1, 0.15) is 19.4 Å². The Bertz CT molecular complexity index is 406. The molecule has 1 saturated heterocycles. The average molecular weight is 238 g/mol. The number of morpholine rings is 1. The van der Waals surface area contributed by atoms with Crippen LogP contribution in [0.2, 0.25) is 0 Å². The summed E-state index contributed by atoms with van der Waals surface area (Å²) < 4.78 is 18.6. The van der Waals surface area contributed by atoms with Crippen LogP contribution in [0.25, 0.3) is 0 Å². The van der Waals surface area contributed by atoms with E-state index in [1.807, 2.05) is 0 Å². The number of nitrogen functional groups attached to an aromatic ring is 1. The molecule has 0 aliphatic carbocycles. The molecule has 1 heterocycles. The summed E-state index contributed by atoms with van der Waals surface area (Å²) in [5.74, 6) is -0.284. The molecule has 94 valence electrons. The van der Waals surface area contributed by atoms with Crippen molar-refractivity contribution in [2.45, 2.75) is 26.0 Å². The van der Waals surface area contributed by atoms with Crippen LogP contribution in [0.15, 0.2) is 18.2 Å². The Balaban J connectivity index is 2.05. The molecule has 0 atom stereocenters. The minimum absolute atomic E-state index is 0.118. The number of benzene rings is 1. The molecule has 1 fully saturated rings. The van der Waals surface area contributed by atoms with E-state index in [1.165, 1.54) is 12.1 Å². The molecule has 0 radical (unpaired) electrons. The molecule has 0 unspecified atom stereocenters. The zero-order valence-electron chi connectivity index (χ0n) is 10.4. The zero-order valence-corrected chi connectivity index (χ0v) is 10.4. The van der Waals surface area contributed by atoms with Crippen LogP contribution in [-0.4, -0.2) is 30.2 Å². The van der Waals surface area contributed by atoms with Gasteiger partial charge in [-0.1, -0.05) is 6.07 Å². The van der Waals surface area contributed by atoms with Gasteiger partial charge in [-0.15, -0.1) is 0 Å². The lowest BCUT2D eigenvalue weighted by molar-refractivity contribution is -0.0882. The van der Waals surface area contributed by atoms with Crippen LogP contribution in [-0.2, 0) is 11.3 Å². The highest BCUT2D eigenvalue weighted by Gasteiger charge is 2.27. The molecule has 4 heteroatoms. The summed E-state index contributed by atoms with van der Waals surface area (Å²) >= 11 is 0. The molecule has 0 spiro atoms. The van der Waals surface area contributed by atoms with Crippen molar-refractivity contribution in [2.24, 2.45) is 0 Å². The molecular weight excluding hydrogens is 219 g/mol. The van der Waals surface area contributed by atoms with Gasteiger partial charge in [0, 0.05) is 25.3 Å². The highest BCUT2D eigenvalue weighted by Crippen LogP contribution is 2.21. The van der Waals surface area contributed by atoms with E-state index in [1.54, 1.807) is 6.07 Å². The van der Waals surface area contributed by atoms with Crippen LogP contribution < -0.4 is 5.73 Å². The maximum atomic E-state index is 12.9. The Morgan fingerprint density at radius 3 is 2.88 bits per heavy atom. The summed E-state index contributed by atoms with van der Waals surface area (Å²) in [6.45, 7) is 7.39. The summed E-state index contributed by atoms with van der Waals surface area (Å²) in [7, 11) is 0. The number of hydrogen-bond acceptors (Lipinski definition) is 3. The van der Waals surface area contributed by atoms with Crippen molar-refractivity contribution in [3.63, 3.8) is 0 Å². The molecule has 0 saturated carbocycles. The number of nitrogens with zero attached hydrogens (tertiary/aromatic N) is 1. The maximum absolute atomic E-state index is 12.9. The Morgan fingerprint density at radius 2 is 2.24 bits per heavy atom. The Morgan fingerprint density at radius 1 is 1.47 bits per heavy atom. The van der Waals surface area contributed by atoms with Crippen molar-refractivity contribution < 1.29 is 9.13 Å². The summed E-state index contributed by atoms with van der Waals surface area (Å²) in [5, 5.41) is 0. The van der Waals surface area contributed by atoms with Crippen LogP contribution in [0.4, 0.5) is 10.1 Å². The van der Waals surface area contributed by atoms with E-state index in [0.717, 1.165) is 31.8 Å². The van der Waals surface area contributed by atoms with Crippen LogP contribution in [0.3, 0.4) is 0 Å². The van der Waals surface area contributed by atoms with E-state index < -0.39 is 0 Å². The normalized spacial score (nSPS) is 20.4. The fourth-order valence-electron chi connectivity index (χ4n) is 2.20. The summed E-state index contributed by atoms with van der Waals surface area (Å²) in [6.07, 6.45) is 0. The highest BCUT2D eigenvalue weighted by molar-refractivity contribution is 5.46. The standard InChI is InChI=1S/C13H19FN2O/c1-13(2)9-16(5-6-17-13)8-10-3-4-11(14)7-12(10)15/h3-4,7H,5-6,8-9,15H2,1-2H3. The van der Waals surface area contributed by atoms with Crippen molar-refractivity contribution in [3.8, 4) is 0 Å². The second-order valence-corrected chi connectivity index (χ2v) is 5.16. The second-order valence-electron chi connectivity index (χ2n) is 5.16. The first kappa shape index (κ1) is 12.3. The number of hydrogen-bond donors (Lipinski definition) is 1. The minimum atomic E-state index is -0.284. The Labute approximate surface area is 101 Å². The number of anilines is 1. The van der Waals surface area contributed by atoms with E-state index in [4.69, 9.17) is 10.5 Å². The second kappa shape index (κ2) is 4.63. The van der Waals surface area contributed by atoms with Gasteiger partial charge in [-0.05, 0) is 31.5 Å². The third-order valence-electron chi connectivity index (χ3n) is 3.01. The number of rotatable bonds is 2. The van der Waals surface area contributed by atoms with Gasteiger partial charge in [0.25, 0.3) is 0 Å². The van der Waals surface area contributed by atoms with Gasteiger partial charge >= 0.3 is 0 Å². The topological polar surface area (TPSA) is 38.5 Å². The van der Waals surface area contributed by atoms with Gasteiger partial charge in [0.2, 0.25) is 0 Å². The predicted octanol–water partition coefficient (Wildman–Crippen LogP) is 2.02. The molecule has 2 rings (SSSR count). The molecular formula is C13H19FN2O. The lowest BCUT2D eigenvalue weighted by Crippen LogP contribution is -2.47. The first-order valence-electron chi connectivity index (χ1n) is 5.86. The van der Waals surface area contributed by atoms with Crippen molar-refractivity contribution in [1.82, 2.24) is 4.90 Å². The molecule has 1 aromatic rings. The number of halogens is 1. The summed E-state index contributed by atoms with van der Waals surface area (Å²) in [6, 6.07) is 4.59. The van der Waals surface area contributed by atoms with Crippen LogP contribution >= 0.6 is 0 Å². The molecule has 3 nitrogen and oxygen atoms in total. The third-order valence-corrected chi connectivity index (χ3v) is 3.01. The van der Waals surface area contributed by atoms with Gasteiger partial charge < -0.3 is 10.5 Å². The van der Waals surface area contributed by atoms with Crippen molar-refractivity contribution in [1.29, 1.82) is 0 Å². The van der Waals surface area contributed by atoms with E-state index in [0.29, 0.717) is 5.69 Å². The average Bonchev–Trinajstić information content (AvgIpc) is 2.21. The molecule has 1 aliphatic rings. The van der Waals surface area contributed by atoms with Crippen LogP contribution in [0.5, 0.6) is 0 Å². The zero-order chi connectivity index (χ0) is 12.5. The first-order valence-corrected chi connectivity index (χ1v) is 5.86. The highest BCUT2D eigenvalue weighted by atomic mass is 19.1. The van der Waals surface area contributed by atoms with Crippen molar-refractivity contribution in [2.75, 3.05) is 25.4 Å². The maximum Gasteiger partial charge on any atom is 0.125 e. The third kappa shape index (κ3) is 3.17. The van der Waals surface area contributed by atoms with Gasteiger partial charge in [-0.25, -0.2) is 4.39 Å². The molecule has 0 aromatic heterocycles. The molecule has 2 N–H and O–H groups in total. The van der Waals surface area contributed by atoms with Crippen molar-refractivity contribution in [3.05, 3.63) is 29.6 Å². The summed E-state index contributed by atoms with van der Waals surface area (Å²) in [4.78, 5) is 2.28. The predicted molar refractivity (Wildman–Crippen MR) is 66.1 cm³/mol. The minimum Gasteiger partial charge on any atom is -0.398 e. The lowest BCUT2D eigenvalue weighted by Gasteiger charge is -2.38. The van der Waals surface area contributed by atoms with Gasteiger partial charge in [-0.3, -0.25) is 4.90 Å². The van der Waals surface area contributed by atoms with Gasteiger partial charge in [0.05, 0.1) is 12.2 Å². The van der Waals surface area contributed by atoms with E-state index in [-0.39, 0.29) is 11.4 Å². The van der Waals surface area contributed by atoms with Crippen molar-refractivity contribution >= 4 is 5.69 Å². The first-order chi connectivity index (χ1) is 7.96. The SMILES string of the molecule is CC1(C)CN(Cc2ccc(F)cc2N)CCO1. The van der Waals surface area contributed by atoms with E-state index in [2.05, 4.69) is 18.7 Å². The van der Waals surface area contributed by atoms with Crippen LogP contribution in [0, 0.1) is 5.82 Å². The largest absolute Gasteiger partial charge is 0.398 e. The quantitative estimate of drug-likeness (QED) is 0.801. The summed E-state index contributed by atoms with van der Waals surface area (Å²) in [5.41, 5.74) is 7.19. The molecule has 1 aromatic carbocycles. The van der Waals surface area contributed by atoms with E-state index >= 15 is 0 Å². The number of nitrogens with two attached hydrogens (primary N) is 1. The fraction of sp³-hybridized carbons (Fsp3) is 0.538. The monoisotopic (exact) mass is 238 g/mol. The molecule has 0 amide bonds. The smallest absolute Gasteiger partial charge is 0.125 e. The van der Waals surface area contributed by atoms with Gasteiger partial charge in [0.15, 0.2) is 0 Å². The van der Waals surface area contributed by atoms with Gasteiger partial charge in [0.1, 0.15) is 5.82 Å². The number of ether oxygens (including phenoxy) is 1. The Kier molecular flexibility index (Phi) is 3.35. The fourth-order valence-corrected chi connectivity index (χ4v) is 2.20. The molecule has 17 heavy (non-hydrogen) atoms.